The first-order valence-corrected chi connectivity index (χ1v) is 11.1. The zero-order valence-corrected chi connectivity index (χ0v) is 19.7. The Hall–Kier alpha value is -4.39. The molecule has 172 valence electrons. The molecule has 0 saturated heterocycles. The van der Waals surface area contributed by atoms with E-state index in [0.29, 0.717) is 17.5 Å². The molecular weight excluding hydrogens is 424 g/mol. The highest BCUT2D eigenvalue weighted by Gasteiger charge is 2.07. The Morgan fingerprint density at radius 3 is 2.00 bits per heavy atom. The van der Waals surface area contributed by atoms with E-state index in [0.717, 1.165) is 33.9 Å². The maximum absolute atomic E-state index is 12.4. The Morgan fingerprint density at radius 1 is 0.647 bits per heavy atom. The molecule has 4 N–H and O–H groups in total. The summed E-state index contributed by atoms with van der Waals surface area (Å²) in [5, 5.41) is 12.3. The lowest BCUT2D eigenvalue weighted by Gasteiger charge is -2.12. The van der Waals surface area contributed by atoms with Crippen molar-refractivity contribution in [2.75, 3.05) is 21.3 Å². The molecule has 4 rings (SSSR count). The molecule has 0 fully saturated rings. The number of hydrogen-bond donors (Lipinski definition) is 4. The molecule has 4 aromatic rings. The van der Waals surface area contributed by atoms with Crippen molar-refractivity contribution >= 4 is 40.5 Å². The molecular formula is C27H28N6O. The lowest BCUT2D eigenvalue weighted by atomic mass is 10.1. The van der Waals surface area contributed by atoms with E-state index in [1.807, 2.05) is 100 Å². The monoisotopic (exact) mass is 452 g/mol. The van der Waals surface area contributed by atoms with Crippen LogP contribution in [0.2, 0.25) is 0 Å². The minimum atomic E-state index is -0.285. The average Bonchev–Trinajstić information content (AvgIpc) is 2.79. The summed E-state index contributed by atoms with van der Waals surface area (Å²) in [5.74, 6) is 1.20. The van der Waals surface area contributed by atoms with E-state index in [1.165, 1.54) is 5.56 Å². The van der Waals surface area contributed by atoms with Crippen LogP contribution < -0.4 is 21.3 Å². The van der Waals surface area contributed by atoms with Crippen molar-refractivity contribution in [3.05, 3.63) is 95.2 Å². The molecule has 1 aromatic heterocycles. The van der Waals surface area contributed by atoms with Gasteiger partial charge in [0.15, 0.2) is 0 Å². The quantitative estimate of drug-likeness (QED) is 0.257. The Kier molecular flexibility index (Phi) is 6.73. The number of rotatable bonds is 6. The smallest absolute Gasteiger partial charge is 0.323 e. The Morgan fingerprint density at radius 2 is 1.26 bits per heavy atom. The van der Waals surface area contributed by atoms with E-state index >= 15 is 0 Å². The van der Waals surface area contributed by atoms with Crippen LogP contribution in [0.4, 0.5) is 39.3 Å². The van der Waals surface area contributed by atoms with Gasteiger partial charge in [-0.3, -0.25) is 0 Å². The van der Waals surface area contributed by atoms with Crippen LogP contribution in [-0.4, -0.2) is 16.0 Å². The molecule has 0 radical (unpaired) electrons. The molecule has 0 aliphatic rings. The first-order chi connectivity index (χ1) is 16.3. The van der Waals surface area contributed by atoms with Gasteiger partial charge in [-0.2, -0.15) is 4.98 Å². The van der Waals surface area contributed by atoms with Crippen LogP contribution in [0.15, 0.2) is 72.8 Å². The van der Waals surface area contributed by atoms with Crippen LogP contribution in [0, 0.1) is 27.7 Å². The van der Waals surface area contributed by atoms with Crippen molar-refractivity contribution in [2.24, 2.45) is 0 Å². The molecule has 0 aliphatic carbocycles. The van der Waals surface area contributed by atoms with Gasteiger partial charge in [-0.05, 0) is 81.3 Å². The first kappa shape index (κ1) is 22.8. The number of benzene rings is 3. The predicted molar refractivity (Wildman–Crippen MR) is 140 cm³/mol. The lowest BCUT2D eigenvalue weighted by Crippen LogP contribution is -2.20. The first-order valence-electron chi connectivity index (χ1n) is 11.1. The third-order valence-corrected chi connectivity index (χ3v) is 5.22. The molecule has 2 amide bonds. The third-order valence-electron chi connectivity index (χ3n) is 5.22. The van der Waals surface area contributed by atoms with Crippen molar-refractivity contribution in [1.82, 2.24) is 9.97 Å². The summed E-state index contributed by atoms with van der Waals surface area (Å²) in [5.41, 5.74) is 7.40. The van der Waals surface area contributed by atoms with Gasteiger partial charge in [0.2, 0.25) is 5.95 Å². The summed E-state index contributed by atoms with van der Waals surface area (Å²) < 4.78 is 0. The summed E-state index contributed by atoms with van der Waals surface area (Å²) >= 11 is 0. The van der Waals surface area contributed by atoms with Gasteiger partial charge in [-0.1, -0.05) is 29.8 Å². The van der Waals surface area contributed by atoms with Gasteiger partial charge in [0.05, 0.1) is 0 Å². The van der Waals surface area contributed by atoms with Crippen LogP contribution in [0.5, 0.6) is 0 Å². The molecule has 34 heavy (non-hydrogen) atoms. The van der Waals surface area contributed by atoms with Crippen molar-refractivity contribution in [2.45, 2.75) is 27.7 Å². The third kappa shape index (κ3) is 6.10. The Labute approximate surface area is 199 Å². The van der Waals surface area contributed by atoms with Crippen molar-refractivity contribution in [1.29, 1.82) is 0 Å². The van der Waals surface area contributed by atoms with Gasteiger partial charge < -0.3 is 21.3 Å². The van der Waals surface area contributed by atoms with E-state index in [2.05, 4.69) is 31.2 Å². The molecule has 0 bridgehead atoms. The molecule has 0 unspecified atom stereocenters. The van der Waals surface area contributed by atoms with Gasteiger partial charge in [0.25, 0.3) is 0 Å². The number of carbonyl (C=O) groups excluding carboxylic acids is 1. The highest BCUT2D eigenvalue weighted by molar-refractivity contribution is 6.00. The van der Waals surface area contributed by atoms with Crippen LogP contribution in [0.3, 0.4) is 0 Å². The van der Waals surface area contributed by atoms with Crippen molar-refractivity contribution in [3.63, 3.8) is 0 Å². The summed E-state index contributed by atoms with van der Waals surface area (Å²) in [4.78, 5) is 21.4. The molecule has 1 heterocycles. The molecule has 7 nitrogen and oxygen atoms in total. The molecule has 7 heteroatoms. The van der Waals surface area contributed by atoms with Crippen molar-refractivity contribution in [3.8, 4) is 0 Å². The highest BCUT2D eigenvalue weighted by Crippen LogP contribution is 2.22. The topological polar surface area (TPSA) is 91.0 Å². The second-order valence-electron chi connectivity index (χ2n) is 8.31. The van der Waals surface area contributed by atoms with Crippen LogP contribution in [0.1, 0.15) is 22.4 Å². The molecule has 0 aliphatic heterocycles. The van der Waals surface area contributed by atoms with E-state index in [9.17, 15) is 4.79 Å². The van der Waals surface area contributed by atoms with Gasteiger partial charge in [0.1, 0.15) is 5.82 Å². The van der Waals surface area contributed by atoms with E-state index in [1.54, 1.807) is 0 Å². The minimum absolute atomic E-state index is 0.285. The zero-order valence-electron chi connectivity index (χ0n) is 19.7. The zero-order chi connectivity index (χ0) is 24.1. The number of carbonyl (C=O) groups is 1. The number of amides is 2. The van der Waals surface area contributed by atoms with E-state index in [4.69, 9.17) is 0 Å². The molecule has 3 aromatic carbocycles. The van der Waals surface area contributed by atoms with E-state index in [-0.39, 0.29) is 6.03 Å². The SMILES string of the molecule is Cc1ccc(Nc2nc(C)cc(Nc3ccc(NC(=O)Nc4cc(C)ccc4C)cc3)n2)cc1. The number of aromatic nitrogens is 2. The van der Waals surface area contributed by atoms with Crippen LogP contribution >= 0.6 is 0 Å². The number of anilines is 6. The fourth-order valence-electron chi connectivity index (χ4n) is 3.39. The second kappa shape index (κ2) is 10.0. The number of nitrogens with zero attached hydrogens (tertiary/aromatic N) is 2. The van der Waals surface area contributed by atoms with Gasteiger partial charge in [-0.25, -0.2) is 9.78 Å². The number of aryl methyl sites for hydroxylation is 4. The summed E-state index contributed by atoms with van der Waals surface area (Å²) in [6, 6.07) is 23.1. The normalized spacial score (nSPS) is 10.5. The van der Waals surface area contributed by atoms with Crippen LogP contribution in [-0.2, 0) is 0 Å². The highest BCUT2D eigenvalue weighted by atomic mass is 16.2. The van der Waals surface area contributed by atoms with Crippen molar-refractivity contribution < 1.29 is 4.79 Å². The standard InChI is InChI=1S/C27H28N6O/c1-17-6-9-22(10-7-17)30-26-28-20(4)16-25(33-26)29-21-11-13-23(14-12-21)31-27(34)32-24-15-18(2)5-8-19(24)3/h5-16H,1-4H3,(H2,31,32,34)(H2,28,29,30,33). The number of urea groups is 1. The molecule has 0 atom stereocenters. The van der Waals surface area contributed by atoms with Gasteiger partial charge in [0, 0.05) is 34.5 Å². The lowest BCUT2D eigenvalue weighted by molar-refractivity contribution is 0.262. The maximum atomic E-state index is 12.4. The summed E-state index contributed by atoms with van der Waals surface area (Å²) in [6.07, 6.45) is 0. The fourth-order valence-corrected chi connectivity index (χ4v) is 3.39. The summed E-state index contributed by atoms with van der Waals surface area (Å²) in [7, 11) is 0. The average molecular weight is 453 g/mol. The van der Waals surface area contributed by atoms with Gasteiger partial charge in [-0.15, -0.1) is 0 Å². The minimum Gasteiger partial charge on any atom is -0.340 e. The molecule has 0 saturated carbocycles. The van der Waals surface area contributed by atoms with Crippen LogP contribution in [0.25, 0.3) is 0 Å². The second-order valence-corrected chi connectivity index (χ2v) is 8.31. The number of nitrogens with one attached hydrogen (secondary N) is 4. The number of hydrogen-bond acceptors (Lipinski definition) is 5. The largest absolute Gasteiger partial charge is 0.340 e. The molecule has 0 spiro atoms. The summed E-state index contributed by atoms with van der Waals surface area (Å²) in [6.45, 7) is 7.93. The Bertz CT molecular complexity index is 1300. The van der Waals surface area contributed by atoms with Gasteiger partial charge >= 0.3 is 6.03 Å². The fraction of sp³-hybridized carbons (Fsp3) is 0.148. The van der Waals surface area contributed by atoms with E-state index < -0.39 is 0 Å². The predicted octanol–water partition coefficient (Wildman–Crippen LogP) is 6.84. The Balaban J connectivity index is 1.39. The maximum Gasteiger partial charge on any atom is 0.323 e.